The van der Waals surface area contributed by atoms with Gasteiger partial charge in [0, 0.05) is 11.8 Å². The summed E-state index contributed by atoms with van der Waals surface area (Å²) in [5, 5.41) is 4.84. The van der Waals surface area contributed by atoms with Crippen LogP contribution in [0.2, 0.25) is 0 Å². The number of rotatable bonds is 8. The van der Waals surface area contributed by atoms with E-state index in [1.165, 1.54) is 23.1 Å². The number of amides is 1. The minimum atomic E-state index is -0.452. The van der Waals surface area contributed by atoms with Crippen LogP contribution >= 0.6 is 23.1 Å². The van der Waals surface area contributed by atoms with Crippen molar-refractivity contribution in [3.05, 3.63) is 69.8 Å². The van der Waals surface area contributed by atoms with Gasteiger partial charge in [-0.1, -0.05) is 30.8 Å². The quantitative estimate of drug-likeness (QED) is 0.271. The standard InChI is InChI=1S/C25H23N3O5S2/c1-3-21(23(29)26-16-5-4-6-17(12-16)31-2)35-25-27-18-9-10-34-22(18)24(30)28(25)13-15-7-8-19-20(11-15)33-14-32-19/h4-12,21H,3,13-14H2,1-2H3,(H,26,29). The Balaban J connectivity index is 1.45. The first-order chi connectivity index (χ1) is 17.1. The second-order valence-corrected chi connectivity index (χ2v) is 9.93. The molecule has 2 aromatic heterocycles. The van der Waals surface area contributed by atoms with Crippen molar-refractivity contribution < 1.29 is 19.0 Å². The van der Waals surface area contributed by atoms with Crippen molar-refractivity contribution in [2.45, 2.75) is 30.3 Å². The van der Waals surface area contributed by atoms with E-state index in [0.29, 0.717) is 51.3 Å². The first-order valence-corrected chi connectivity index (χ1v) is 12.8. The Kier molecular flexibility index (Phi) is 6.65. The SMILES string of the molecule is CCC(Sc1nc2ccsc2c(=O)n1Cc1ccc2c(c1)OCO2)C(=O)Nc1cccc(OC)c1. The molecule has 5 rings (SSSR count). The van der Waals surface area contributed by atoms with E-state index in [2.05, 4.69) is 5.32 Å². The number of fused-ring (bicyclic) bond motifs is 2. The van der Waals surface area contributed by atoms with Gasteiger partial charge in [0.1, 0.15) is 10.4 Å². The van der Waals surface area contributed by atoms with E-state index in [9.17, 15) is 9.59 Å². The first-order valence-electron chi connectivity index (χ1n) is 11.0. The number of nitrogens with zero attached hydrogens (tertiary/aromatic N) is 2. The summed E-state index contributed by atoms with van der Waals surface area (Å²) in [6, 6.07) is 14.6. The number of methoxy groups -OCH3 is 1. The van der Waals surface area contributed by atoms with E-state index in [1.54, 1.807) is 17.7 Å². The highest BCUT2D eigenvalue weighted by atomic mass is 32.2. The third kappa shape index (κ3) is 4.85. The average molecular weight is 510 g/mol. The van der Waals surface area contributed by atoms with Gasteiger partial charge < -0.3 is 19.5 Å². The van der Waals surface area contributed by atoms with Gasteiger partial charge in [-0.05, 0) is 47.7 Å². The molecule has 1 aliphatic rings. The van der Waals surface area contributed by atoms with E-state index < -0.39 is 5.25 Å². The summed E-state index contributed by atoms with van der Waals surface area (Å²) < 4.78 is 18.3. The van der Waals surface area contributed by atoms with Crippen molar-refractivity contribution in [2.24, 2.45) is 0 Å². The Morgan fingerprint density at radius 3 is 2.91 bits per heavy atom. The van der Waals surface area contributed by atoms with Gasteiger partial charge in [0.15, 0.2) is 16.7 Å². The molecule has 180 valence electrons. The third-order valence-electron chi connectivity index (χ3n) is 5.56. The first kappa shape index (κ1) is 23.3. The van der Waals surface area contributed by atoms with Crippen LogP contribution in [0.25, 0.3) is 10.2 Å². The Morgan fingerprint density at radius 1 is 1.23 bits per heavy atom. The van der Waals surface area contributed by atoms with Gasteiger partial charge in [-0.25, -0.2) is 4.98 Å². The maximum absolute atomic E-state index is 13.4. The molecule has 1 atom stereocenters. The van der Waals surface area contributed by atoms with E-state index >= 15 is 0 Å². The van der Waals surface area contributed by atoms with Crippen molar-refractivity contribution in [2.75, 3.05) is 19.2 Å². The molecule has 35 heavy (non-hydrogen) atoms. The maximum Gasteiger partial charge on any atom is 0.272 e. The molecule has 0 saturated heterocycles. The number of ether oxygens (including phenoxy) is 3. The fraction of sp³-hybridized carbons (Fsp3) is 0.240. The van der Waals surface area contributed by atoms with Gasteiger partial charge in [0.2, 0.25) is 12.7 Å². The number of thiophene rings is 1. The molecule has 2 aromatic carbocycles. The molecule has 0 bridgehead atoms. The predicted octanol–water partition coefficient (Wildman–Crippen LogP) is 4.75. The lowest BCUT2D eigenvalue weighted by atomic mass is 10.2. The van der Waals surface area contributed by atoms with Crippen molar-refractivity contribution in [1.29, 1.82) is 0 Å². The molecule has 3 heterocycles. The summed E-state index contributed by atoms with van der Waals surface area (Å²) in [7, 11) is 1.58. The molecule has 4 aromatic rings. The number of carbonyl (C=O) groups excluding carboxylic acids is 1. The molecule has 0 saturated carbocycles. The predicted molar refractivity (Wildman–Crippen MR) is 137 cm³/mol. The van der Waals surface area contributed by atoms with Crippen molar-refractivity contribution in [1.82, 2.24) is 9.55 Å². The van der Waals surface area contributed by atoms with Crippen molar-refractivity contribution in [3.8, 4) is 17.2 Å². The monoisotopic (exact) mass is 509 g/mol. The molecule has 1 aliphatic heterocycles. The van der Waals surface area contributed by atoms with Crippen LogP contribution in [0, 0.1) is 0 Å². The molecule has 1 unspecified atom stereocenters. The Labute approximate surface area is 209 Å². The van der Waals surface area contributed by atoms with Gasteiger partial charge in [-0.2, -0.15) is 0 Å². The fourth-order valence-corrected chi connectivity index (χ4v) is 5.54. The lowest BCUT2D eigenvalue weighted by molar-refractivity contribution is -0.115. The number of nitrogens with one attached hydrogen (secondary N) is 1. The highest BCUT2D eigenvalue weighted by Crippen LogP contribution is 2.33. The van der Waals surface area contributed by atoms with E-state index in [1.807, 2.05) is 54.8 Å². The van der Waals surface area contributed by atoms with Crippen LogP contribution in [0.3, 0.4) is 0 Å². The molecule has 0 fully saturated rings. The Bertz CT molecular complexity index is 1450. The van der Waals surface area contributed by atoms with Crippen molar-refractivity contribution in [3.63, 3.8) is 0 Å². The van der Waals surface area contributed by atoms with Crippen LogP contribution in [0.4, 0.5) is 5.69 Å². The fourth-order valence-electron chi connectivity index (χ4n) is 3.75. The van der Waals surface area contributed by atoms with E-state index in [4.69, 9.17) is 19.2 Å². The number of carbonyl (C=O) groups is 1. The van der Waals surface area contributed by atoms with E-state index in [-0.39, 0.29) is 18.3 Å². The summed E-state index contributed by atoms with van der Waals surface area (Å²) in [5.41, 5.74) is 2.03. The molecule has 0 spiro atoms. The van der Waals surface area contributed by atoms with Gasteiger partial charge in [0.25, 0.3) is 5.56 Å². The number of benzene rings is 2. The molecule has 0 radical (unpaired) electrons. The van der Waals surface area contributed by atoms with Crippen LogP contribution < -0.4 is 25.1 Å². The van der Waals surface area contributed by atoms with Crippen LogP contribution in [0.15, 0.2) is 63.9 Å². The summed E-state index contributed by atoms with van der Waals surface area (Å²) in [6.45, 7) is 2.42. The third-order valence-corrected chi connectivity index (χ3v) is 7.80. The largest absolute Gasteiger partial charge is 0.497 e. The minimum absolute atomic E-state index is 0.131. The Morgan fingerprint density at radius 2 is 2.09 bits per heavy atom. The summed E-state index contributed by atoms with van der Waals surface area (Å²) in [4.78, 5) is 31.3. The van der Waals surface area contributed by atoms with E-state index in [0.717, 1.165) is 5.56 Å². The van der Waals surface area contributed by atoms with Gasteiger partial charge >= 0.3 is 0 Å². The number of thioether (sulfide) groups is 1. The Hall–Kier alpha value is -3.50. The average Bonchev–Trinajstić information content (AvgIpc) is 3.54. The van der Waals surface area contributed by atoms with Crippen molar-refractivity contribution >= 4 is 44.9 Å². The van der Waals surface area contributed by atoms with Gasteiger partial charge in [-0.15, -0.1) is 11.3 Å². The van der Waals surface area contributed by atoms with Gasteiger partial charge in [0.05, 0.1) is 24.4 Å². The molecule has 10 heteroatoms. The van der Waals surface area contributed by atoms with Crippen LogP contribution in [0.5, 0.6) is 17.2 Å². The highest BCUT2D eigenvalue weighted by molar-refractivity contribution is 8.00. The number of anilines is 1. The van der Waals surface area contributed by atoms with Crippen LogP contribution in [-0.4, -0.2) is 34.6 Å². The molecule has 1 N–H and O–H groups in total. The zero-order valence-electron chi connectivity index (χ0n) is 19.1. The zero-order valence-corrected chi connectivity index (χ0v) is 20.8. The maximum atomic E-state index is 13.4. The lowest BCUT2D eigenvalue weighted by Crippen LogP contribution is -2.28. The second kappa shape index (κ2) is 10.0. The van der Waals surface area contributed by atoms with Crippen LogP contribution in [0.1, 0.15) is 18.9 Å². The number of aromatic nitrogens is 2. The smallest absolute Gasteiger partial charge is 0.272 e. The second-order valence-electron chi connectivity index (χ2n) is 7.84. The summed E-state index contributed by atoms with van der Waals surface area (Å²) in [5.74, 6) is 1.83. The molecule has 0 aliphatic carbocycles. The zero-order chi connectivity index (χ0) is 24.4. The molecule has 1 amide bonds. The topological polar surface area (TPSA) is 91.7 Å². The summed E-state index contributed by atoms with van der Waals surface area (Å²) in [6.07, 6.45) is 0.558. The lowest BCUT2D eigenvalue weighted by Gasteiger charge is -2.18. The highest BCUT2D eigenvalue weighted by Gasteiger charge is 2.23. The van der Waals surface area contributed by atoms with Gasteiger partial charge in [-0.3, -0.25) is 14.2 Å². The molecular weight excluding hydrogens is 486 g/mol. The number of hydrogen-bond donors (Lipinski definition) is 1. The molecular formula is C25H23N3O5S2. The normalized spacial score (nSPS) is 13.1. The van der Waals surface area contributed by atoms with Crippen LogP contribution in [-0.2, 0) is 11.3 Å². The number of hydrogen-bond acceptors (Lipinski definition) is 8. The summed E-state index contributed by atoms with van der Waals surface area (Å²) >= 11 is 2.65. The minimum Gasteiger partial charge on any atom is -0.497 e. The molecule has 8 nitrogen and oxygen atoms in total.